The zero-order valence-electron chi connectivity index (χ0n) is 33.2. The Morgan fingerprint density at radius 1 is 0.673 bits per heavy atom. The summed E-state index contributed by atoms with van der Waals surface area (Å²) in [6.07, 6.45) is 20.2. The van der Waals surface area contributed by atoms with E-state index in [9.17, 15) is 19.5 Å². The molecule has 0 saturated carbocycles. The molecule has 10 nitrogen and oxygen atoms in total. The van der Waals surface area contributed by atoms with Gasteiger partial charge in [0.05, 0.1) is 30.2 Å². The minimum atomic E-state index is -3.99. The van der Waals surface area contributed by atoms with Crippen molar-refractivity contribution < 1.29 is 37.5 Å². The van der Waals surface area contributed by atoms with E-state index >= 15 is 0 Å². The molecule has 3 rings (SSSR count). The molecule has 304 valence electrons. The van der Waals surface area contributed by atoms with E-state index in [0.717, 1.165) is 18.4 Å². The largest absolute Gasteiger partial charge is 0.463 e. The van der Waals surface area contributed by atoms with Crippen LogP contribution >= 0.6 is 7.60 Å². The van der Waals surface area contributed by atoms with Gasteiger partial charge in [0, 0.05) is 18.7 Å². The van der Waals surface area contributed by atoms with Gasteiger partial charge in [-0.1, -0.05) is 159 Å². The Morgan fingerprint density at radius 2 is 1.16 bits per heavy atom. The van der Waals surface area contributed by atoms with Gasteiger partial charge < -0.3 is 23.3 Å². The normalized spacial score (nSPS) is 13.4. The third kappa shape index (κ3) is 20.7. The molecule has 0 saturated heterocycles. The summed E-state index contributed by atoms with van der Waals surface area (Å²) in [6.45, 7) is 5.04. The number of nitro groups is 1. The fourth-order valence-corrected chi connectivity index (χ4v) is 8.04. The summed E-state index contributed by atoms with van der Waals surface area (Å²) < 4.78 is 43.4. The monoisotopic (exact) mass is 781 g/mol. The molecule has 0 aliphatic carbocycles. The molecular weight excluding hydrogens is 717 g/mol. The second-order valence-electron chi connectivity index (χ2n) is 14.4. The Labute approximate surface area is 329 Å². The maximum atomic E-state index is 14.0. The second kappa shape index (κ2) is 27.8. The molecule has 0 aromatic heterocycles. The van der Waals surface area contributed by atoms with E-state index < -0.39 is 30.5 Å². The Balaban J connectivity index is 1.40. The van der Waals surface area contributed by atoms with E-state index in [-0.39, 0.29) is 30.8 Å². The van der Waals surface area contributed by atoms with Crippen LogP contribution in [0.1, 0.15) is 122 Å². The predicted molar refractivity (Wildman–Crippen MR) is 219 cm³/mol. The van der Waals surface area contributed by atoms with Crippen LogP contribution in [0, 0.1) is 16.0 Å². The fraction of sp³-hybridized carbons (Fsp3) is 0.568. The van der Waals surface area contributed by atoms with Crippen molar-refractivity contribution in [1.29, 1.82) is 0 Å². The first kappa shape index (κ1) is 45.7. The first-order valence-electron chi connectivity index (χ1n) is 20.5. The third-order valence-electron chi connectivity index (χ3n) is 9.37. The maximum Gasteiger partial charge on any atom is 0.431 e. The number of nitrogens with zero attached hydrogens (tertiary/aromatic N) is 1. The summed E-state index contributed by atoms with van der Waals surface area (Å²) in [4.78, 5) is 23.8. The van der Waals surface area contributed by atoms with E-state index in [0.29, 0.717) is 19.0 Å². The molecule has 3 aromatic carbocycles. The molecule has 3 aromatic rings. The minimum absolute atomic E-state index is 0.0397. The number of carbonyl (C=O) groups is 1. The molecule has 11 heteroatoms. The molecule has 0 bridgehead atoms. The Hall–Kier alpha value is -3.72. The van der Waals surface area contributed by atoms with Gasteiger partial charge in [-0.15, -0.1) is 0 Å². The molecule has 2 unspecified atom stereocenters. The highest BCUT2D eigenvalue weighted by atomic mass is 31.2. The van der Waals surface area contributed by atoms with E-state index in [1.54, 1.807) is 37.3 Å². The van der Waals surface area contributed by atoms with Crippen LogP contribution in [0.5, 0.6) is 11.5 Å². The molecule has 0 heterocycles. The smallest absolute Gasteiger partial charge is 0.431 e. The molecule has 0 N–H and O–H groups in total. The molecule has 0 fully saturated rings. The lowest BCUT2D eigenvalue weighted by molar-refractivity contribution is -0.384. The topological polar surface area (TPSA) is 123 Å². The fourth-order valence-electron chi connectivity index (χ4n) is 6.15. The number of para-hydroxylation sites is 1. The zero-order chi connectivity index (χ0) is 39.4. The first-order chi connectivity index (χ1) is 26.8. The van der Waals surface area contributed by atoms with Gasteiger partial charge in [-0.2, -0.15) is 0 Å². The van der Waals surface area contributed by atoms with E-state index in [4.69, 9.17) is 23.3 Å². The number of rotatable bonds is 32. The highest BCUT2D eigenvalue weighted by Gasteiger charge is 2.35. The van der Waals surface area contributed by atoms with Gasteiger partial charge in [-0.3, -0.25) is 14.9 Å². The van der Waals surface area contributed by atoms with Gasteiger partial charge in [0.1, 0.15) is 24.2 Å². The lowest BCUT2D eigenvalue weighted by atomic mass is 10.0. The van der Waals surface area contributed by atoms with Crippen molar-refractivity contribution >= 4 is 19.3 Å². The number of hydrogen-bond donors (Lipinski definition) is 0. The lowest BCUT2D eigenvalue weighted by Crippen LogP contribution is -2.30. The average Bonchev–Trinajstić information content (AvgIpc) is 3.18. The molecular formula is C44H64NO9P. The molecule has 0 radical (unpaired) electrons. The van der Waals surface area contributed by atoms with Crippen LogP contribution in [0.15, 0.2) is 84.9 Å². The van der Waals surface area contributed by atoms with Gasteiger partial charge in [-0.05, 0) is 36.2 Å². The van der Waals surface area contributed by atoms with Crippen molar-refractivity contribution in [3.05, 3.63) is 101 Å². The number of esters is 1. The highest BCUT2D eigenvalue weighted by molar-refractivity contribution is 7.54. The van der Waals surface area contributed by atoms with Gasteiger partial charge in [0.25, 0.3) is 5.69 Å². The van der Waals surface area contributed by atoms with Gasteiger partial charge in [-0.25, -0.2) is 4.57 Å². The number of ether oxygens (including phenoxy) is 3. The summed E-state index contributed by atoms with van der Waals surface area (Å²) in [5, 5.41) is 11.1. The van der Waals surface area contributed by atoms with Crippen molar-refractivity contribution in [2.75, 3.05) is 26.0 Å². The van der Waals surface area contributed by atoms with Crippen LogP contribution < -0.4 is 9.05 Å². The molecule has 0 aliphatic heterocycles. The SMILES string of the molecule is CCCCCCCCCCCCCCCCCCOC[C@H](COC(=O)C(C)CP(=O)(Oc1ccccc1)Oc1ccc([N+](=O)[O-])cc1)OCc1ccccc1. The molecule has 0 amide bonds. The maximum absolute atomic E-state index is 14.0. The standard InChI is InChI=1S/C44H64NO9P/c1-3-4-5-6-7-8-9-10-11-12-13-14-15-16-17-24-33-50-35-43(51-34-39-25-20-18-21-26-39)36-52-44(46)38(2)37-55(49,53-41-27-22-19-23-28-41)54-42-31-29-40(30-32-42)45(47)48/h18-23,25-32,38,43H,3-17,24,33-37H2,1-2H3/t38?,43-,55?/m1/s1. The van der Waals surface area contributed by atoms with Crippen LogP contribution in [-0.2, 0) is 30.2 Å². The van der Waals surface area contributed by atoms with Crippen molar-refractivity contribution in [2.24, 2.45) is 5.92 Å². The number of carbonyl (C=O) groups excluding carboxylic acids is 1. The quantitative estimate of drug-likeness (QED) is 0.0200. The lowest BCUT2D eigenvalue weighted by Gasteiger charge is -2.23. The van der Waals surface area contributed by atoms with Crippen LogP contribution in [0.25, 0.3) is 0 Å². The van der Waals surface area contributed by atoms with E-state index in [1.807, 2.05) is 30.3 Å². The summed E-state index contributed by atoms with van der Waals surface area (Å²) in [5.74, 6) is -1.05. The summed E-state index contributed by atoms with van der Waals surface area (Å²) >= 11 is 0. The van der Waals surface area contributed by atoms with Crippen LogP contribution in [-0.4, -0.2) is 43.0 Å². The number of benzene rings is 3. The third-order valence-corrected chi connectivity index (χ3v) is 11.3. The zero-order valence-corrected chi connectivity index (χ0v) is 34.0. The summed E-state index contributed by atoms with van der Waals surface area (Å²) in [6, 6.07) is 23.4. The molecule has 0 spiro atoms. The van der Waals surface area contributed by atoms with Gasteiger partial charge in [0.2, 0.25) is 0 Å². The molecule has 0 aliphatic rings. The van der Waals surface area contributed by atoms with Crippen molar-refractivity contribution in [3.63, 3.8) is 0 Å². The van der Waals surface area contributed by atoms with Gasteiger partial charge >= 0.3 is 13.6 Å². The number of non-ortho nitro benzene ring substituents is 1. The highest BCUT2D eigenvalue weighted by Crippen LogP contribution is 2.50. The van der Waals surface area contributed by atoms with Gasteiger partial charge in [0.15, 0.2) is 0 Å². The average molecular weight is 782 g/mol. The molecule has 3 atom stereocenters. The van der Waals surface area contributed by atoms with E-state index in [1.165, 1.54) is 114 Å². The minimum Gasteiger partial charge on any atom is -0.463 e. The van der Waals surface area contributed by atoms with E-state index in [2.05, 4.69) is 6.92 Å². The first-order valence-corrected chi connectivity index (χ1v) is 22.2. The Morgan fingerprint density at radius 3 is 1.69 bits per heavy atom. The van der Waals surface area contributed by atoms with Crippen molar-refractivity contribution in [2.45, 2.75) is 129 Å². The number of hydrogen-bond acceptors (Lipinski definition) is 9. The summed E-state index contributed by atoms with van der Waals surface area (Å²) in [7, 11) is -3.99. The second-order valence-corrected chi connectivity index (χ2v) is 16.3. The predicted octanol–water partition coefficient (Wildman–Crippen LogP) is 12.3. The number of unbranched alkanes of at least 4 members (excludes halogenated alkanes) is 15. The van der Waals surface area contributed by atoms with Crippen LogP contribution in [0.3, 0.4) is 0 Å². The van der Waals surface area contributed by atoms with Crippen LogP contribution in [0.4, 0.5) is 5.69 Å². The van der Waals surface area contributed by atoms with Crippen molar-refractivity contribution in [3.8, 4) is 11.5 Å². The van der Waals surface area contributed by atoms with Crippen LogP contribution in [0.2, 0.25) is 0 Å². The summed E-state index contributed by atoms with van der Waals surface area (Å²) in [5.41, 5.74) is 0.855. The Kier molecular flexibility index (Phi) is 23.1. The molecule has 55 heavy (non-hydrogen) atoms. The Bertz CT molecular complexity index is 1490. The van der Waals surface area contributed by atoms with Crippen molar-refractivity contribution in [1.82, 2.24) is 0 Å². The number of nitro benzene ring substituents is 1.